The van der Waals surface area contributed by atoms with E-state index in [4.69, 9.17) is 0 Å². The Morgan fingerprint density at radius 2 is 1.81 bits per heavy atom. The molecule has 1 heterocycles. The fourth-order valence-corrected chi connectivity index (χ4v) is 5.44. The number of nitrogens with one attached hydrogen (secondary N) is 2. The molecule has 1 aliphatic heterocycles. The second-order valence-electron chi connectivity index (χ2n) is 8.67. The summed E-state index contributed by atoms with van der Waals surface area (Å²) in [7, 11) is 0. The van der Waals surface area contributed by atoms with Gasteiger partial charge in [-0.25, -0.2) is 0 Å². The van der Waals surface area contributed by atoms with E-state index in [0.717, 1.165) is 35.7 Å². The molecule has 2 aromatic rings. The standard InChI is InChI=1S/C25H28BrN3O3/c1-16-13-19(26)11-12-20(16)28-23(30)15-27-24(31)22-14-18-9-5-6-10-21(18)29(22)25(32)17-7-3-2-4-8-17/h2-4,7-8,11-13,18,21-22H,5-6,9-10,14-15H2,1H3,(H,27,31)(H,28,30). The predicted octanol–water partition coefficient (Wildman–Crippen LogP) is 4.29. The van der Waals surface area contributed by atoms with E-state index in [1.807, 2.05) is 43.3 Å². The number of carbonyl (C=O) groups is 3. The first-order valence-electron chi connectivity index (χ1n) is 11.2. The molecule has 3 unspecified atom stereocenters. The highest BCUT2D eigenvalue weighted by Crippen LogP contribution is 2.40. The minimum absolute atomic E-state index is 0.0893. The van der Waals surface area contributed by atoms with Crippen LogP contribution in [0.2, 0.25) is 0 Å². The van der Waals surface area contributed by atoms with E-state index >= 15 is 0 Å². The van der Waals surface area contributed by atoms with Crippen LogP contribution in [0.5, 0.6) is 0 Å². The first kappa shape index (κ1) is 22.5. The highest BCUT2D eigenvalue weighted by molar-refractivity contribution is 9.10. The monoisotopic (exact) mass is 497 g/mol. The molecule has 7 heteroatoms. The normalized spacial score (nSPS) is 22.2. The zero-order valence-electron chi connectivity index (χ0n) is 18.1. The topological polar surface area (TPSA) is 78.5 Å². The maximum absolute atomic E-state index is 13.3. The van der Waals surface area contributed by atoms with Gasteiger partial charge in [-0.2, -0.15) is 0 Å². The van der Waals surface area contributed by atoms with Crippen LogP contribution in [0.15, 0.2) is 53.0 Å². The number of hydrogen-bond donors (Lipinski definition) is 2. The van der Waals surface area contributed by atoms with Crippen molar-refractivity contribution in [2.45, 2.75) is 51.1 Å². The van der Waals surface area contributed by atoms with Gasteiger partial charge in [0.2, 0.25) is 11.8 Å². The lowest BCUT2D eigenvalue weighted by Gasteiger charge is -2.33. The maximum Gasteiger partial charge on any atom is 0.254 e. The summed E-state index contributed by atoms with van der Waals surface area (Å²) in [5.41, 5.74) is 2.23. The Morgan fingerprint density at radius 1 is 1.06 bits per heavy atom. The number of fused-ring (bicyclic) bond motifs is 1. The maximum atomic E-state index is 13.3. The molecule has 0 aromatic heterocycles. The van der Waals surface area contributed by atoms with E-state index in [9.17, 15) is 14.4 Å². The van der Waals surface area contributed by atoms with E-state index in [1.165, 1.54) is 0 Å². The fourth-order valence-electron chi connectivity index (χ4n) is 4.96. The third-order valence-electron chi connectivity index (χ3n) is 6.53. The molecule has 168 valence electrons. The Hall–Kier alpha value is -2.67. The van der Waals surface area contributed by atoms with Crippen molar-refractivity contribution < 1.29 is 14.4 Å². The van der Waals surface area contributed by atoms with Gasteiger partial charge in [-0.1, -0.05) is 47.0 Å². The molecular weight excluding hydrogens is 470 g/mol. The SMILES string of the molecule is Cc1cc(Br)ccc1NC(=O)CNC(=O)C1CC2CCCCC2N1C(=O)c1ccccc1. The number of aryl methyl sites for hydroxylation is 1. The Kier molecular flexibility index (Phi) is 6.94. The van der Waals surface area contributed by atoms with E-state index in [1.54, 1.807) is 17.0 Å². The molecule has 2 aromatic carbocycles. The molecule has 1 saturated carbocycles. The van der Waals surface area contributed by atoms with Crippen LogP contribution in [0, 0.1) is 12.8 Å². The van der Waals surface area contributed by atoms with Gasteiger partial charge in [0.25, 0.3) is 5.91 Å². The summed E-state index contributed by atoms with van der Waals surface area (Å²) in [4.78, 5) is 40.7. The number of nitrogens with zero attached hydrogens (tertiary/aromatic N) is 1. The summed E-state index contributed by atoms with van der Waals surface area (Å²) in [6.45, 7) is 1.78. The summed E-state index contributed by atoms with van der Waals surface area (Å²) < 4.78 is 0.937. The molecule has 1 aliphatic carbocycles. The van der Waals surface area contributed by atoms with Crippen molar-refractivity contribution in [3.63, 3.8) is 0 Å². The highest BCUT2D eigenvalue weighted by atomic mass is 79.9. The van der Waals surface area contributed by atoms with Gasteiger partial charge in [0.1, 0.15) is 6.04 Å². The number of anilines is 1. The molecular formula is C25H28BrN3O3. The van der Waals surface area contributed by atoms with Crippen LogP contribution in [0.4, 0.5) is 5.69 Å². The lowest BCUT2D eigenvalue weighted by atomic mass is 9.84. The highest BCUT2D eigenvalue weighted by Gasteiger charge is 2.47. The van der Waals surface area contributed by atoms with E-state index < -0.39 is 6.04 Å². The molecule has 32 heavy (non-hydrogen) atoms. The van der Waals surface area contributed by atoms with Crippen LogP contribution in [0.3, 0.4) is 0 Å². The number of carbonyl (C=O) groups excluding carboxylic acids is 3. The van der Waals surface area contributed by atoms with Crippen LogP contribution in [-0.4, -0.2) is 41.2 Å². The molecule has 3 atom stereocenters. The largest absolute Gasteiger partial charge is 0.345 e. The Bertz CT molecular complexity index is 1010. The van der Waals surface area contributed by atoms with Crippen LogP contribution in [-0.2, 0) is 9.59 Å². The second kappa shape index (κ2) is 9.86. The van der Waals surface area contributed by atoms with Crippen molar-refractivity contribution in [3.8, 4) is 0 Å². The number of likely N-dealkylation sites (tertiary alicyclic amines) is 1. The van der Waals surface area contributed by atoms with Crippen molar-refractivity contribution in [2.24, 2.45) is 5.92 Å². The molecule has 0 radical (unpaired) electrons. The minimum Gasteiger partial charge on any atom is -0.345 e. The van der Waals surface area contributed by atoms with Crippen LogP contribution in [0.1, 0.15) is 48.0 Å². The van der Waals surface area contributed by atoms with Crippen LogP contribution >= 0.6 is 15.9 Å². The molecule has 2 N–H and O–H groups in total. The zero-order chi connectivity index (χ0) is 22.7. The Labute approximate surface area is 196 Å². The third kappa shape index (κ3) is 4.88. The third-order valence-corrected chi connectivity index (χ3v) is 7.02. The molecule has 2 fully saturated rings. The van der Waals surface area contributed by atoms with Gasteiger partial charge in [0, 0.05) is 21.8 Å². The number of benzene rings is 2. The number of rotatable bonds is 5. The minimum atomic E-state index is -0.543. The summed E-state index contributed by atoms with van der Waals surface area (Å²) >= 11 is 3.41. The van der Waals surface area contributed by atoms with Crippen molar-refractivity contribution >= 4 is 39.3 Å². The van der Waals surface area contributed by atoms with Gasteiger partial charge in [-0.15, -0.1) is 0 Å². The average molecular weight is 498 g/mol. The number of halogens is 1. The molecule has 3 amide bonds. The lowest BCUT2D eigenvalue weighted by molar-refractivity contribution is -0.127. The summed E-state index contributed by atoms with van der Waals surface area (Å²) in [5.74, 6) is -0.312. The van der Waals surface area contributed by atoms with Gasteiger partial charge in [-0.05, 0) is 68.0 Å². The van der Waals surface area contributed by atoms with Crippen molar-refractivity contribution in [1.82, 2.24) is 10.2 Å². The molecule has 0 bridgehead atoms. The van der Waals surface area contributed by atoms with Gasteiger partial charge in [0.05, 0.1) is 6.54 Å². The molecule has 0 spiro atoms. The van der Waals surface area contributed by atoms with Gasteiger partial charge in [0.15, 0.2) is 0 Å². The quantitative estimate of drug-likeness (QED) is 0.646. The number of amides is 3. The molecule has 4 rings (SSSR count). The van der Waals surface area contributed by atoms with E-state index in [2.05, 4.69) is 26.6 Å². The summed E-state index contributed by atoms with van der Waals surface area (Å²) in [6.07, 6.45) is 4.83. The smallest absolute Gasteiger partial charge is 0.254 e. The van der Waals surface area contributed by atoms with Crippen molar-refractivity contribution in [1.29, 1.82) is 0 Å². The van der Waals surface area contributed by atoms with Crippen LogP contribution in [0.25, 0.3) is 0 Å². The Balaban J connectivity index is 1.43. The predicted molar refractivity (Wildman–Crippen MR) is 127 cm³/mol. The Morgan fingerprint density at radius 3 is 2.56 bits per heavy atom. The molecule has 1 saturated heterocycles. The fraction of sp³-hybridized carbons (Fsp3) is 0.400. The number of hydrogen-bond acceptors (Lipinski definition) is 3. The van der Waals surface area contributed by atoms with Gasteiger partial charge >= 0.3 is 0 Å². The first-order valence-corrected chi connectivity index (χ1v) is 11.9. The zero-order valence-corrected chi connectivity index (χ0v) is 19.7. The second-order valence-corrected chi connectivity index (χ2v) is 9.58. The molecule has 6 nitrogen and oxygen atoms in total. The first-order chi connectivity index (χ1) is 15.4. The average Bonchev–Trinajstić information content (AvgIpc) is 3.19. The lowest BCUT2D eigenvalue weighted by Crippen LogP contribution is -2.50. The summed E-state index contributed by atoms with van der Waals surface area (Å²) in [5, 5.41) is 5.61. The van der Waals surface area contributed by atoms with Gasteiger partial charge < -0.3 is 15.5 Å². The van der Waals surface area contributed by atoms with E-state index in [-0.39, 0.29) is 30.3 Å². The van der Waals surface area contributed by atoms with Crippen molar-refractivity contribution in [3.05, 3.63) is 64.1 Å². The van der Waals surface area contributed by atoms with Crippen molar-refractivity contribution in [2.75, 3.05) is 11.9 Å². The molecule has 2 aliphatic rings. The van der Waals surface area contributed by atoms with Gasteiger partial charge in [-0.3, -0.25) is 14.4 Å². The summed E-state index contributed by atoms with van der Waals surface area (Å²) in [6, 6.07) is 14.3. The van der Waals surface area contributed by atoms with E-state index in [0.29, 0.717) is 23.6 Å². The van der Waals surface area contributed by atoms with Crippen LogP contribution < -0.4 is 10.6 Å².